The topological polar surface area (TPSA) is 61.4 Å². The van der Waals surface area contributed by atoms with E-state index in [1.165, 1.54) is 6.42 Å². The molecule has 1 heterocycles. The molecule has 2 N–H and O–H groups in total. The third kappa shape index (κ3) is 6.08. The standard InChI is InChI=1S/C28H31N3O2/c1-21-10-16-25(17-11-21)30-27(32)26(23-8-4-2-5-9-23)29-20-22-12-14-24(15-13-22)28(33)31-18-6-3-7-19-31/h2,4-5,8-17,26,29H,3,6-7,18-20H2,1H3,(H,30,32). The first kappa shape index (κ1) is 22.7. The van der Waals surface area contributed by atoms with E-state index in [2.05, 4.69) is 10.6 Å². The smallest absolute Gasteiger partial charge is 0.253 e. The van der Waals surface area contributed by atoms with E-state index in [1.54, 1.807) is 0 Å². The van der Waals surface area contributed by atoms with Crippen LogP contribution in [-0.4, -0.2) is 29.8 Å². The average Bonchev–Trinajstić information content (AvgIpc) is 2.87. The minimum absolute atomic E-state index is 0.105. The van der Waals surface area contributed by atoms with Crippen LogP contribution in [0.4, 0.5) is 5.69 Å². The molecule has 4 rings (SSSR count). The number of nitrogens with one attached hydrogen (secondary N) is 2. The van der Waals surface area contributed by atoms with Gasteiger partial charge in [0.2, 0.25) is 5.91 Å². The lowest BCUT2D eigenvalue weighted by molar-refractivity contribution is -0.118. The van der Waals surface area contributed by atoms with Gasteiger partial charge in [-0.05, 0) is 61.6 Å². The van der Waals surface area contributed by atoms with E-state index in [9.17, 15) is 9.59 Å². The van der Waals surface area contributed by atoms with E-state index in [1.807, 2.05) is 90.7 Å². The molecule has 0 radical (unpaired) electrons. The summed E-state index contributed by atoms with van der Waals surface area (Å²) in [5, 5.41) is 6.40. The maximum atomic E-state index is 13.1. The summed E-state index contributed by atoms with van der Waals surface area (Å²) >= 11 is 0. The predicted molar refractivity (Wildman–Crippen MR) is 132 cm³/mol. The highest BCUT2D eigenvalue weighted by molar-refractivity contribution is 5.95. The number of benzene rings is 3. The zero-order chi connectivity index (χ0) is 23.0. The number of rotatable bonds is 7. The fourth-order valence-electron chi connectivity index (χ4n) is 4.12. The number of carbonyl (C=O) groups is 2. The number of piperidine rings is 1. The molecule has 1 fully saturated rings. The van der Waals surface area contributed by atoms with E-state index in [-0.39, 0.29) is 11.8 Å². The molecule has 0 spiro atoms. The van der Waals surface area contributed by atoms with Crippen LogP contribution < -0.4 is 10.6 Å². The molecule has 170 valence electrons. The molecule has 1 unspecified atom stereocenters. The Hall–Kier alpha value is -3.44. The van der Waals surface area contributed by atoms with Crippen molar-refractivity contribution >= 4 is 17.5 Å². The third-order valence-electron chi connectivity index (χ3n) is 6.07. The van der Waals surface area contributed by atoms with Gasteiger partial charge in [0, 0.05) is 30.9 Å². The van der Waals surface area contributed by atoms with Crippen molar-refractivity contribution < 1.29 is 9.59 Å². The van der Waals surface area contributed by atoms with Crippen molar-refractivity contribution in [1.29, 1.82) is 0 Å². The van der Waals surface area contributed by atoms with E-state index in [0.717, 1.165) is 53.9 Å². The highest BCUT2D eigenvalue weighted by atomic mass is 16.2. The quantitative estimate of drug-likeness (QED) is 0.537. The molecule has 0 bridgehead atoms. The van der Waals surface area contributed by atoms with Crippen molar-refractivity contribution in [1.82, 2.24) is 10.2 Å². The second-order valence-corrected chi connectivity index (χ2v) is 8.63. The Morgan fingerprint density at radius 1 is 0.848 bits per heavy atom. The summed E-state index contributed by atoms with van der Waals surface area (Å²) in [6.45, 7) is 4.22. The van der Waals surface area contributed by atoms with Crippen LogP contribution >= 0.6 is 0 Å². The molecule has 2 amide bonds. The van der Waals surface area contributed by atoms with Gasteiger partial charge < -0.3 is 10.2 Å². The number of amides is 2. The van der Waals surface area contributed by atoms with Gasteiger partial charge in [0.05, 0.1) is 0 Å². The van der Waals surface area contributed by atoms with Crippen molar-refractivity contribution in [3.05, 3.63) is 101 Å². The van der Waals surface area contributed by atoms with Gasteiger partial charge in [0.25, 0.3) is 5.91 Å². The largest absolute Gasteiger partial charge is 0.339 e. The normalized spacial score (nSPS) is 14.5. The van der Waals surface area contributed by atoms with Crippen molar-refractivity contribution in [2.45, 2.75) is 38.8 Å². The highest BCUT2D eigenvalue weighted by Crippen LogP contribution is 2.18. The maximum absolute atomic E-state index is 13.1. The van der Waals surface area contributed by atoms with Crippen LogP contribution in [-0.2, 0) is 11.3 Å². The Bertz CT molecular complexity index is 1060. The van der Waals surface area contributed by atoms with Gasteiger partial charge in [-0.25, -0.2) is 0 Å². The van der Waals surface area contributed by atoms with Crippen molar-refractivity contribution in [3.8, 4) is 0 Å². The molecule has 0 aromatic heterocycles. The number of aryl methyl sites for hydroxylation is 1. The van der Waals surface area contributed by atoms with Crippen LogP contribution in [0.5, 0.6) is 0 Å². The Labute approximate surface area is 195 Å². The van der Waals surface area contributed by atoms with Crippen molar-refractivity contribution in [3.63, 3.8) is 0 Å². The van der Waals surface area contributed by atoms with Crippen molar-refractivity contribution in [2.24, 2.45) is 0 Å². The summed E-state index contributed by atoms with van der Waals surface area (Å²) in [5.41, 5.74) is 4.56. The third-order valence-corrected chi connectivity index (χ3v) is 6.07. The molecule has 1 atom stereocenters. The SMILES string of the molecule is Cc1ccc(NC(=O)C(NCc2ccc(C(=O)N3CCCCC3)cc2)c2ccccc2)cc1. The van der Waals surface area contributed by atoms with Gasteiger partial charge >= 0.3 is 0 Å². The van der Waals surface area contributed by atoms with Crippen LogP contribution in [0.3, 0.4) is 0 Å². The number of hydrogen-bond acceptors (Lipinski definition) is 3. The van der Waals surface area contributed by atoms with Crippen LogP contribution in [0, 0.1) is 6.92 Å². The lowest BCUT2D eigenvalue weighted by atomic mass is 10.0. The van der Waals surface area contributed by atoms with Gasteiger partial charge in [-0.15, -0.1) is 0 Å². The molecule has 5 nitrogen and oxygen atoms in total. The van der Waals surface area contributed by atoms with Gasteiger partial charge in [-0.3, -0.25) is 14.9 Å². The zero-order valence-electron chi connectivity index (χ0n) is 19.1. The molecular formula is C28H31N3O2. The summed E-state index contributed by atoms with van der Waals surface area (Å²) < 4.78 is 0. The molecule has 3 aromatic carbocycles. The predicted octanol–water partition coefficient (Wildman–Crippen LogP) is 5.09. The summed E-state index contributed by atoms with van der Waals surface area (Å²) in [4.78, 5) is 27.8. The molecule has 1 saturated heterocycles. The monoisotopic (exact) mass is 441 g/mol. The molecule has 1 aliphatic rings. The van der Waals surface area contributed by atoms with Crippen molar-refractivity contribution in [2.75, 3.05) is 18.4 Å². The summed E-state index contributed by atoms with van der Waals surface area (Å²) in [5.74, 6) is -0.00389. The first-order valence-electron chi connectivity index (χ1n) is 11.6. The lowest BCUT2D eigenvalue weighted by Gasteiger charge is -2.26. The molecular weight excluding hydrogens is 410 g/mol. The maximum Gasteiger partial charge on any atom is 0.253 e. The molecule has 0 aliphatic carbocycles. The first-order valence-corrected chi connectivity index (χ1v) is 11.6. The molecule has 33 heavy (non-hydrogen) atoms. The molecule has 5 heteroatoms. The van der Waals surface area contributed by atoms with E-state index in [4.69, 9.17) is 0 Å². The Morgan fingerprint density at radius 2 is 1.52 bits per heavy atom. The Kier molecular flexibility index (Phi) is 7.53. The van der Waals surface area contributed by atoms with Crippen LogP contribution in [0.15, 0.2) is 78.9 Å². The van der Waals surface area contributed by atoms with Crippen LogP contribution in [0.1, 0.15) is 52.4 Å². The number of carbonyl (C=O) groups excluding carboxylic acids is 2. The molecule has 1 aliphatic heterocycles. The highest BCUT2D eigenvalue weighted by Gasteiger charge is 2.21. The average molecular weight is 442 g/mol. The fraction of sp³-hybridized carbons (Fsp3) is 0.286. The molecule has 0 saturated carbocycles. The summed E-state index contributed by atoms with van der Waals surface area (Å²) in [7, 11) is 0. The number of nitrogens with zero attached hydrogens (tertiary/aromatic N) is 1. The number of anilines is 1. The molecule has 3 aromatic rings. The van der Waals surface area contributed by atoms with Crippen LogP contribution in [0.2, 0.25) is 0 Å². The number of hydrogen-bond donors (Lipinski definition) is 2. The Morgan fingerprint density at radius 3 is 2.18 bits per heavy atom. The summed E-state index contributed by atoms with van der Waals surface area (Å²) in [6.07, 6.45) is 3.37. The van der Waals surface area contributed by atoms with Gasteiger partial charge in [-0.2, -0.15) is 0 Å². The van der Waals surface area contributed by atoms with Gasteiger partial charge in [-0.1, -0.05) is 60.2 Å². The lowest BCUT2D eigenvalue weighted by Crippen LogP contribution is -2.35. The van der Waals surface area contributed by atoms with E-state index >= 15 is 0 Å². The summed E-state index contributed by atoms with van der Waals surface area (Å²) in [6, 6.07) is 24.7. The van der Waals surface area contributed by atoms with E-state index < -0.39 is 6.04 Å². The second-order valence-electron chi connectivity index (χ2n) is 8.63. The Balaban J connectivity index is 1.42. The minimum atomic E-state index is -0.498. The zero-order valence-corrected chi connectivity index (χ0v) is 19.1. The van der Waals surface area contributed by atoms with Gasteiger partial charge in [0.15, 0.2) is 0 Å². The van der Waals surface area contributed by atoms with Crippen LogP contribution in [0.25, 0.3) is 0 Å². The fourth-order valence-corrected chi connectivity index (χ4v) is 4.12. The second kappa shape index (κ2) is 10.9. The minimum Gasteiger partial charge on any atom is -0.339 e. The van der Waals surface area contributed by atoms with E-state index in [0.29, 0.717) is 6.54 Å². The van der Waals surface area contributed by atoms with Gasteiger partial charge in [0.1, 0.15) is 6.04 Å². The number of likely N-dealkylation sites (tertiary alicyclic amines) is 1. The first-order chi connectivity index (χ1) is 16.1.